The Kier molecular flexibility index (Phi) is 4.68. The number of esters is 1. The molecule has 0 amide bonds. The van der Waals surface area contributed by atoms with Gasteiger partial charge in [0.05, 0.1) is 11.1 Å². The molecule has 2 aromatic carbocycles. The molecule has 0 aromatic heterocycles. The number of carbonyl (C=O) groups is 2. The van der Waals surface area contributed by atoms with E-state index in [2.05, 4.69) is 27.4 Å². The molecule has 1 aliphatic rings. The highest BCUT2D eigenvalue weighted by Gasteiger charge is 2.45. The van der Waals surface area contributed by atoms with Crippen LogP contribution in [0.3, 0.4) is 0 Å². The Labute approximate surface area is 159 Å². The second kappa shape index (κ2) is 6.69. The van der Waals surface area contributed by atoms with Gasteiger partial charge in [-0.2, -0.15) is 0 Å². The first-order valence-electron chi connectivity index (χ1n) is 8.96. The fourth-order valence-corrected chi connectivity index (χ4v) is 4.25. The number of carboxylic acid groups (broad SMARTS) is 1. The molecular formula is C23H24O4. The van der Waals surface area contributed by atoms with Gasteiger partial charge in [-0.15, -0.1) is 0 Å². The van der Waals surface area contributed by atoms with Crippen molar-refractivity contribution in [3.05, 3.63) is 82.9 Å². The van der Waals surface area contributed by atoms with Crippen molar-refractivity contribution in [3.8, 4) is 0 Å². The quantitative estimate of drug-likeness (QED) is 0.616. The monoisotopic (exact) mass is 364 g/mol. The second-order valence-corrected chi connectivity index (χ2v) is 7.92. The summed E-state index contributed by atoms with van der Waals surface area (Å²) < 4.78 is 5.08. The lowest BCUT2D eigenvalue weighted by molar-refractivity contribution is 0.0549. The maximum absolute atomic E-state index is 12.0. The first-order valence-corrected chi connectivity index (χ1v) is 8.96. The van der Waals surface area contributed by atoms with Gasteiger partial charge in [0.25, 0.3) is 0 Å². The summed E-state index contributed by atoms with van der Waals surface area (Å²) in [5.74, 6) is -1.31. The number of hydrogen-bond donors (Lipinski definition) is 1. The van der Waals surface area contributed by atoms with E-state index in [-0.39, 0.29) is 23.4 Å². The van der Waals surface area contributed by atoms with Gasteiger partial charge in [-0.1, -0.05) is 51.6 Å². The van der Waals surface area contributed by atoms with Crippen LogP contribution in [0.25, 0.3) is 0 Å². The smallest absolute Gasteiger partial charge is 0.338 e. The van der Waals surface area contributed by atoms with Crippen molar-refractivity contribution >= 4 is 11.9 Å². The number of fused-ring (bicyclic) bond motifs is 1. The van der Waals surface area contributed by atoms with Gasteiger partial charge in [0.2, 0.25) is 0 Å². The maximum Gasteiger partial charge on any atom is 0.338 e. The summed E-state index contributed by atoms with van der Waals surface area (Å²) in [5.41, 5.74) is 3.65. The molecule has 0 saturated carbocycles. The van der Waals surface area contributed by atoms with Crippen molar-refractivity contribution in [3.63, 3.8) is 0 Å². The molecule has 1 unspecified atom stereocenters. The largest absolute Gasteiger partial charge is 0.478 e. The minimum absolute atomic E-state index is 0.0668. The predicted molar refractivity (Wildman–Crippen MR) is 104 cm³/mol. The van der Waals surface area contributed by atoms with Crippen LogP contribution in [0.4, 0.5) is 0 Å². The summed E-state index contributed by atoms with van der Waals surface area (Å²) in [6.45, 7) is 10.2. The molecule has 3 rings (SSSR count). The number of benzene rings is 2. The Bertz CT molecular complexity index is 908. The summed E-state index contributed by atoms with van der Waals surface area (Å²) in [6.07, 6.45) is 2.39. The zero-order chi connectivity index (χ0) is 19.8. The number of ether oxygens (including phenoxy) is 1. The average Bonchev–Trinajstić information content (AvgIpc) is 2.86. The first-order chi connectivity index (χ1) is 12.7. The van der Waals surface area contributed by atoms with Crippen molar-refractivity contribution in [1.29, 1.82) is 0 Å². The van der Waals surface area contributed by atoms with Crippen LogP contribution >= 0.6 is 0 Å². The SMILES string of the molecule is C=CCOC(=O)c1ccc(C2(C)CC(C)(C)c3ccc(C(=O)O)cc32)cc1. The third-order valence-electron chi connectivity index (χ3n) is 5.48. The molecule has 0 saturated heterocycles. The molecule has 4 nitrogen and oxygen atoms in total. The van der Waals surface area contributed by atoms with E-state index >= 15 is 0 Å². The van der Waals surface area contributed by atoms with Gasteiger partial charge >= 0.3 is 11.9 Å². The fraction of sp³-hybridized carbons (Fsp3) is 0.304. The van der Waals surface area contributed by atoms with Gasteiger partial charge in [0, 0.05) is 5.41 Å². The molecule has 4 heteroatoms. The Hall–Kier alpha value is -2.88. The molecule has 0 radical (unpaired) electrons. The summed E-state index contributed by atoms with van der Waals surface area (Å²) >= 11 is 0. The third-order valence-corrected chi connectivity index (χ3v) is 5.48. The van der Waals surface area contributed by atoms with Crippen LogP contribution in [0.15, 0.2) is 55.1 Å². The lowest BCUT2D eigenvalue weighted by atomic mass is 9.75. The van der Waals surface area contributed by atoms with E-state index < -0.39 is 5.97 Å². The molecule has 27 heavy (non-hydrogen) atoms. The standard InChI is InChI=1S/C23H24O4/c1-5-12-27-21(26)15-6-9-17(10-7-15)23(4)14-22(2,3)18-11-8-16(20(24)25)13-19(18)23/h5-11,13H,1,12,14H2,2-4H3,(H,24,25). The zero-order valence-electron chi connectivity index (χ0n) is 15.9. The van der Waals surface area contributed by atoms with Crippen molar-refractivity contribution in [2.45, 2.75) is 38.0 Å². The van der Waals surface area contributed by atoms with Gasteiger partial charge in [-0.25, -0.2) is 9.59 Å². The highest BCUT2D eigenvalue weighted by atomic mass is 16.5. The number of aromatic carboxylic acids is 1. The first kappa shape index (κ1) is 18.9. The van der Waals surface area contributed by atoms with Crippen molar-refractivity contribution in [2.24, 2.45) is 0 Å². The fourth-order valence-electron chi connectivity index (χ4n) is 4.25. The van der Waals surface area contributed by atoms with Gasteiger partial charge < -0.3 is 9.84 Å². The van der Waals surface area contributed by atoms with Gasteiger partial charge in [-0.3, -0.25) is 0 Å². The molecule has 0 aliphatic heterocycles. The zero-order valence-corrected chi connectivity index (χ0v) is 15.9. The molecule has 0 spiro atoms. The van der Waals surface area contributed by atoms with E-state index in [1.165, 1.54) is 11.6 Å². The highest BCUT2D eigenvalue weighted by Crippen LogP contribution is 2.52. The number of hydrogen-bond acceptors (Lipinski definition) is 3. The summed E-state index contributed by atoms with van der Waals surface area (Å²) in [6, 6.07) is 12.8. The molecular weight excluding hydrogens is 340 g/mol. The molecule has 0 bridgehead atoms. The van der Waals surface area contributed by atoms with Crippen LogP contribution in [-0.2, 0) is 15.6 Å². The minimum Gasteiger partial charge on any atom is -0.478 e. The van der Waals surface area contributed by atoms with Crippen molar-refractivity contribution in [1.82, 2.24) is 0 Å². The topological polar surface area (TPSA) is 63.6 Å². The van der Waals surface area contributed by atoms with Gasteiger partial charge in [0.15, 0.2) is 0 Å². The number of carboxylic acids is 1. The van der Waals surface area contributed by atoms with Crippen molar-refractivity contribution in [2.75, 3.05) is 6.61 Å². The van der Waals surface area contributed by atoms with E-state index in [1.54, 1.807) is 24.3 Å². The number of carbonyl (C=O) groups excluding carboxylic acids is 1. The van der Waals surface area contributed by atoms with Crippen LogP contribution in [0.1, 0.15) is 64.6 Å². The van der Waals surface area contributed by atoms with E-state index in [4.69, 9.17) is 4.74 Å². The molecule has 1 atom stereocenters. The van der Waals surface area contributed by atoms with Crippen LogP contribution in [0.2, 0.25) is 0 Å². The Morgan fingerprint density at radius 1 is 1.07 bits per heavy atom. The van der Waals surface area contributed by atoms with Gasteiger partial charge in [0.1, 0.15) is 6.61 Å². The summed E-state index contributed by atoms with van der Waals surface area (Å²) in [5, 5.41) is 9.40. The van der Waals surface area contributed by atoms with E-state index in [1.807, 2.05) is 18.2 Å². The maximum atomic E-state index is 12.0. The van der Waals surface area contributed by atoms with Crippen LogP contribution in [0, 0.1) is 0 Å². The van der Waals surface area contributed by atoms with Crippen molar-refractivity contribution < 1.29 is 19.4 Å². The van der Waals surface area contributed by atoms with E-state index in [0.29, 0.717) is 11.1 Å². The summed E-state index contributed by atoms with van der Waals surface area (Å²) in [4.78, 5) is 23.5. The highest BCUT2D eigenvalue weighted by molar-refractivity contribution is 5.90. The van der Waals surface area contributed by atoms with Crippen LogP contribution < -0.4 is 0 Å². The lowest BCUT2D eigenvalue weighted by Gasteiger charge is -2.28. The lowest BCUT2D eigenvalue weighted by Crippen LogP contribution is -2.23. The van der Waals surface area contributed by atoms with E-state index in [9.17, 15) is 14.7 Å². The molecule has 2 aromatic rings. The van der Waals surface area contributed by atoms with E-state index in [0.717, 1.165) is 17.5 Å². The molecule has 0 fully saturated rings. The Balaban J connectivity index is 2.02. The third kappa shape index (κ3) is 3.27. The Morgan fingerprint density at radius 2 is 1.70 bits per heavy atom. The molecule has 1 N–H and O–H groups in total. The summed E-state index contributed by atoms with van der Waals surface area (Å²) in [7, 11) is 0. The van der Waals surface area contributed by atoms with Gasteiger partial charge in [-0.05, 0) is 52.8 Å². The molecule has 1 aliphatic carbocycles. The number of rotatable bonds is 5. The normalized spacial score (nSPS) is 20.0. The molecule has 140 valence electrons. The average molecular weight is 364 g/mol. The van der Waals surface area contributed by atoms with Crippen LogP contribution in [0.5, 0.6) is 0 Å². The second-order valence-electron chi connectivity index (χ2n) is 7.92. The predicted octanol–water partition coefficient (Wildman–Crippen LogP) is 4.71. The minimum atomic E-state index is -0.926. The molecule has 0 heterocycles. The Morgan fingerprint density at radius 3 is 2.30 bits per heavy atom. The van der Waals surface area contributed by atoms with Crippen LogP contribution in [-0.4, -0.2) is 23.7 Å².